The van der Waals surface area contributed by atoms with Crippen molar-refractivity contribution >= 4 is 10.0 Å². The van der Waals surface area contributed by atoms with Gasteiger partial charge in [0, 0.05) is 12.6 Å². The van der Waals surface area contributed by atoms with E-state index in [2.05, 4.69) is 4.72 Å². The van der Waals surface area contributed by atoms with Gasteiger partial charge in [0.15, 0.2) is 0 Å². The quantitative estimate of drug-likeness (QED) is 0.844. The van der Waals surface area contributed by atoms with Gasteiger partial charge in [-0.1, -0.05) is 6.07 Å². The van der Waals surface area contributed by atoms with E-state index in [0.717, 1.165) is 18.9 Å². The average Bonchev–Trinajstić information content (AvgIpc) is 3.13. The molecule has 0 aromatic heterocycles. The molecule has 1 aliphatic carbocycles. The first kappa shape index (κ1) is 13.5. The third-order valence-electron chi connectivity index (χ3n) is 3.19. The van der Waals surface area contributed by atoms with E-state index >= 15 is 0 Å². The van der Waals surface area contributed by atoms with Crippen molar-refractivity contribution in [1.29, 1.82) is 0 Å². The van der Waals surface area contributed by atoms with Crippen molar-refractivity contribution in [3.63, 3.8) is 0 Å². The summed E-state index contributed by atoms with van der Waals surface area (Å²) >= 11 is 0. The molecular weight excluding hydrogens is 255 g/mol. The van der Waals surface area contributed by atoms with Crippen molar-refractivity contribution in [2.24, 2.45) is 11.7 Å². The highest BCUT2D eigenvalue weighted by Crippen LogP contribution is 2.31. The summed E-state index contributed by atoms with van der Waals surface area (Å²) < 4.78 is 39.6. The molecule has 1 saturated carbocycles. The first-order chi connectivity index (χ1) is 8.40. The molecule has 18 heavy (non-hydrogen) atoms. The molecule has 0 spiro atoms. The third-order valence-corrected chi connectivity index (χ3v) is 4.61. The molecule has 1 atom stereocenters. The summed E-state index contributed by atoms with van der Waals surface area (Å²) in [5.41, 5.74) is 6.24. The number of benzene rings is 1. The van der Waals surface area contributed by atoms with Crippen molar-refractivity contribution in [3.8, 4) is 0 Å². The van der Waals surface area contributed by atoms with Crippen LogP contribution in [-0.2, 0) is 10.0 Å². The minimum Gasteiger partial charge on any atom is -0.326 e. The van der Waals surface area contributed by atoms with Crippen LogP contribution in [0.2, 0.25) is 0 Å². The first-order valence-electron chi connectivity index (χ1n) is 5.91. The summed E-state index contributed by atoms with van der Waals surface area (Å²) in [6, 6.07) is 3.71. The molecule has 1 aromatic rings. The zero-order chi connectivity index (χ0) is 13.3. The van der Waals surface area contributed by atoms with Crippen LogP contribution in [0, 0.1) is 18.7 Å². The van der Waals surface area contributed by atoms with Crippen LogP contribution in [-0.4, -0.2) is 21.0 Å². The Balaban J connectivity index is 2.07. The number of sulfonamides is 1. The van der Waals surface area contributed by atoms with E-state index in [-0.39, 0.29) is 17.5 Å². The minimum absolute atomic E-state index is 0.0615. The van der Waals surface area contributed by atoms with Gasteiger partial charge < -0.3 is 5.73 Å². The van der Waals surface area contributed by atoms with Gasteiger partial charge in [-0.3, -0.25) is 0 Å². The number of nitrogens with two attached hydrogens (primary N) is 1. The fourth-order valence-electron chi connectivity index (χ4n) is 1.72. The minimum atomic E-state index is -3.67. The lowest BCUT2D eigenvalue weighted by Crippen LogP contribution is -2.38. The van der Waals surface area contributed by atoms with Crippen LogP contribution in [0.25, 0.3) is 0 Å². The van der Waals surface area contributed by atoms with Gasteiger partial charge in [-0.2, -0.15) is 0 Å². The van der Waals surface area contributed by atoms with Gasteiger partial charge in [0.25, 0.3) is 0 Å². The molecule has 1 aromatic carbocycles. The molecule has 0 aliphatic heterocycles. The second-order valence-electron chi connectivity index (χ2n) is 4.76. The fraction of sp³-hybridized carbons (Fsp3) is 0.500. The maximum Gasteiger partial charge on any atom is 0.240 e. The normalized spacial score (nSPS) is 17.7. The maximum atomic E-state index is 13.3. The highest BCUT2D eigenvalue weighted by Gasteiger charge is 2.29. The second kappa shape index (κ2) is 4.95. The molecule has 6 heteroatoms. The van der Waals surface area contributed by atoms with E-state index in [1.807, 2.05) is 0 Å². The van der Waals surface area contributed by atoms with E-state index in [4.69, 9.17) is 5.73 Å². The Morgan fingerprint density at radius 2 is 2.17 bits per heavy atom. The van der Waals surface area contributed by atoms with Crippen molar-refractivity contribution in [1.82, 2.24) is 4.72 Å². The molecular formula is C12H17FN2O2S. The number of halogens is 1. The van der Waals surface area contributed by atoms with Crippen LogP contribution in [0.15, 0.2) is 23.1 Å². The Morgan fingerprint density at radius 1 is 1.50 bits per heavy atom. The van der Waals surface area contributed by atoms with Crippen molar-refractivity contribution in [2.75, 3.05) is 6.54 Å². The zero-order valence-electron chi connectivity index (χ0n) is 10.2. The summed E-state index contributed by atoms with van der Waals surface area (Å²) in [4.78, 5) is -0.0615. The largest absolute Gasteiger partial charge is 0.326 e. The van der Waals surface area contributed by atoms with Crippen LogP contribution >= 0.6 is 0 Å². The summed E-state index contributed by atoms with van der Waals surface area (Å²) in [6.45, 7) is 1.78. The van der Waals surface area contributed by atoms with Gasteiger partial charge >= 0.3 is 0 Å². The predicted molar refractivity (Wildman–Crippen MR) is 67.0 cm³/mol. The lowest BCUT2D eigenvalue weighted by molar-refractivity contribution is 0.546. The van der Waals surface area contributed by atoms with Crippen molar-refractivity contribution in [2.45, 2.75) is 30.7 Å². The molecule has 1 fully saturated rings. The van der Waals surface area contributed by atoms with Gasteiger partial charge in [-0.15, -0.1) is 0 Å². The molecule has 0 saturated heterocycles. The van der Waals surface area contributed by atoms with Gasteiger partial charge in [-0.05, 0) is 43.4 Å². The van der Waals surface area contributed by atoms with E-state index in [1.54, 1.807) is 6.92 Å². The molecule has 0 radical (unpaired) electrons. The lowest BCUT2D eigenvalue weighted by atomic mass is 10.2. The Kier molecular flexibility index (Phi) is 3.70. The van der Waals surface area contributed by atoms with Crippen molar-refractivity contribution < 1.29 is 12.8 Å². The van der Waals surface area contributed by atoms with Crippen LogP contribution in [0.4, 0.5) is 4.39 Å². The molecule has 1 unspecified atom stereocenters. The molecule has 0 amide bonds. The maximum absolute atomic E-state index is 13.3. The van der Waals surface area contributed by atoms with Crippen LogP contribution in [0.5, 0.6) is 0 Å². The second-order valence-corrected chi connectivity index (χ2v) is 6.53. The summed E-state index contributed by atoms with van der Waals surface area (Å²) in [6.07, 6.45) is 2.12. The van der Waals surface area contributed by atoms with E-state index < -0.39 is 15.8 Å². The van der Waals surface area contributed by atoms with Gasteiger partial charge in [-0.25, -0.2) is 17.5 Å². The number of nitrogens with one attached hydrogen (secondary N) is 1. The van der Waals surface area contributed by atoms with Crippen LogP contribution in [0.3, 0.4) is 0 Å². The SMILES string of the molecule is Cc1ccc(S(=O)(=O)NCC(N)C2CC2)cc1F. The monoisotopic (exact) mass is 272 g/mol. The molecule has 4 nitrogen and oxygen atoms in total. The summed E-state index contributed by atoms with van der Waals surface area (Å²) in [5.74, 6) is -0.105. The third kappa shape index (κ3) is 3.07. The molecule has 3 N–H and O–H groups in total. The van der Waals surface area contributed by atoms with Crippen LogP contribution < -0.4 is 10.5 Å². The first-order valence-corrected chi connectivity index (χ1v) is 7.40. The van der Waals surface area contributed by atoms with Gasteiger partial charge in [0.2, 0.25) is 10.0 Å². The molecule has 1 aliphatic rings. The predicted octanol–water partition coefficient (Wildman–Crippen LogP) is 1.15. The number of hydrogen-bond donors (Lipinski definition) is 2. The zero-order valence-corrected chi connectivity index (χ0v) is 11.0. The average molecular weight is 272 g/mol. The standard InChI is InChI=1S/C12H17FN2O2S/c1-8-2-5-10(6-11(8)13)18(16,17)15-7-12(14)9-3-4-9/h2,5-6,9,12,15H,3-4,7,14H2,1H3. The highest BCUT2D eigenvalue weighted by atomic mass is 32.2. The number of hydrogen-bond acceptors (Lipinski definition) is 3. The number of aryl methyl sites for hydroxylation is 1. The van der Waals surface area contributed by atoms with Crippen LogP contribution in [0.1, 0.15) is 18.4 Å². The topological polar surface area (TPSA) is 72.2 Å². The Bertz CT molecular complexity index is 541. The van der Waals surface area contributed by atoms with Crippen molar-refractivity contribution in [3.05, 3.63) is 29.6 Å². The van der Waals surface area contributed by atoms with E-state index in [9.17, 15) is 12.8 Å². The highest BCUT2D eigenvalue weighted by molar-refractivity contribution is 7.89. The van der Waals surface area contributed by atoms with E-state index in [1.165, 1.54) is 12.1 Å². The summed E-state index contributed by atoms with van der Waals surface area (Å²) in [7, 11) is -3.67. The smallest absolute Gasteiger partial charge is 0.240 e. The van der Waals surface area contributed by atoms with Gasteiger partial charge in [0.05, 0.1) is 4.90 Å². The lowest BCUT2D eigenvalue weighted by Gasteiger charge is -2.12. The van der Waals surface area contributed by atoms with Gasteiger partial charge in [0.1, 0.15) is 5.82 Å². The molecule has 2 rings (SSSR count). The van der Waals surface area contributed by atoms with E-state index in [0.29, 0.717) is 11.5 Å². The Morgan fingerprint density at radius 3 is 2.72 bits per heavy atom. The molecule has 100 valence electrons. The Labute approximate surface area is 106 Å². The molecule has 0 bridgehead atoms. The molecule has 0 heterocycles. The fourth-order valence-corrected chi connectivity index (χ4v) is 2.81. The summed E-state index contributed by atoms with van der Waals surface area (Å²) in [5, 5.41) is 0. The Hall–Kier alpha value is -0.980. The number of rotatable bonds is 5.